The Balaban J connectivity index is 2.60. The summed E-state index contributed by atoms with van der Waals surface area (Å²) in [5.74, 6) is -2.69. The van der Waals surface area contributed by atoms with Gasteiger partial charge in [-0.3, -0.25) is 4.55 Å². The Kier molecular flexibility index (Phi) is 3.81. The van der Waals surface area contributed by atoms with Crippen molar-refractivity contribution in [3.05, 3.63) is 0 Å². The van der Waals surface area contributed by atoms with Crippen molar-refractivity contribution in [3.8, 4) is 0 Å². The maximum absolute atomic E-state index is 12.7. The van der Waals surface area contributed by atoms with Gasteiger partial charge in [0.2, 0.25) is 0 Å². The molecule has 2 atom stereocenters. The zero-order valence-electron chi connectivity index (χ0n) is 7.96. The molecule has 1 rings (SSSR count). The zero-order valence-corrected chi connectivity index (χ0v) is 8.78. The van der Waals surface area contributed by atoms with Crippen LogP contribution in [0.2, 0.25) is 0 Å². The third-order valence-electron chi connectivity index (χ3n) is 1.82. The van der Waals surface area contributed by atoms with Gasteiger partial charge in [0.25, 0.3) is 0 Å². The van der Waals surface area contributed by atoms with Gasteiger partial charge in [0, 0.05) is 0 Å². The Labute approximate surface area is 90.3 Å². The summed E-state index contributed by atoms with van der Waals surface area (Å²) in [7, 11) is -5.16. The van der Waals surface area contributed by atoms with E-state index in [9.17, 15) is 22.4 Å². The van der Waals surface area contributed by atoms with E-state index in [-0.39, 0.29) is 13.0 Å². The van der Waals surface area contributed by atoms with Crippen LogP contribution in [0, 0.1) is 0 Å². The van der Waals surface area contributed by atoms with Crippen LogP contribution in [0.3, 0.4) is 0 Å². The highest BCUT2D eigenvalue weighted by Gasteiger charge is 2.37. The van der Waals surface area contributed by atoms with E-state index >= 15 is 0 Å². The third kappa shape index (κ3) is 3.14. The molecule has 0 aromatic heterocycles. The number of rotatable bonds is 3. The second-order valence-electron chi connectivity index (χ2n) is 3.07. The third-order valence-corrected chi connectivity index (χ3v) is 2.54. The number of cyclic esters (lactones) is 1. The number of carbonyl (C=O) groups excluding carboxylic acids is 2. The molecule has 92 valence electrons. The monoisotopic (exact) mass is 256 g/mol. The highest BCUT2D eigenvalue weighted by Crippen LogP contribution is 2.14. The fraction of sp³-hybridized carbons (Fsp3) is 0.714. The van der Waals surface area contributed by atoms with Gasteiger partial charge in [0.1, 0.15) is 0 Å². The van der Waals surface area contributed by atoms with E-state index in [0.717, 1.165) is 0 Å². The van der Waals surface area contributed by atoms with E-state index in [0.29, 0.717) is 6.42 Å². The molecule has 0 aliphatic carbocycles. The van der Waals surface area contributed by atoms with Gasteiger partial charge in [-0.1, -0.05) is 0 Å². The van der Waals surface area contributed by atoms with Crippen molar-refractivity contribution in [1.29, 1.82) is 0 Å². The molecule has 16 heavy (non-hydrogen) atoms. The predicted octanol–water partition coefficient (Wildman–Crippen LogP) is -0.581. The fourth-order valence-corrected chi connectivity index (χ4v) is 1.37. The highest BCUT2D eigenvalue weighted by molar-refractivity contribution is 7.87. The lowest BCUT2D eigenvalue weighted by Crippen LogP contribution is -2.37. The van der Waals surface area contributed by atoms with E-state index in [1.54, 1.807) is 0 Å². The van der Waals surface area contributed by atoms with Crippen molar-refractivity contribution in [3.63, 3.8) is 0 Å². The van der Waals surface area contributed by atoms with Gasteiger partial charge in [-0.2, -0.15) is 8.42 Å². The summed E-state index contributed by atoms with van der Waals surface area (Å²) in [6, 6.07) is 0. The molecule has 1 heterocycles. The number of alkyl halides is 1. The topological polar surface area (TPSA) is 107 Å². The molecule has 0 aromatic carbocycles. The summed E-state index contributed by atoms with van der Waals surface area (Å²) in [6.07, 6.45) is -0.767. The Hall–Kier alpha value is -1.22. The Morgan fingerprint density at radius 1 is 1.62 bits per heavy atom. The molecule has 1 saturated heterocycles. The van der Waals surface area contributed by atoms with Crippen molar-refractivity contribution >= 4 is 22.1 Å². The number of carbonyl (C=O) groups is 2. The van der Waals surface area contributed by atoms with Crippen LogP contribution in [0.25, 0.3) is 0 Å². The summed E-state index contributed by atoms with van der Waals surface area (Å²) < 4.78 is 50.2. The molecule has 7 nitrogen and oxygen atoms in total. The average Bonchev–Trinajstić information content (AvgIpc) is 2.19. The van der Waals surface area contributed by atoms with Crippen LogP contribution in [0.15, 0.2) is 0 Å². The molecule has 2 unspecified atom stereocenters. The lowest BCUT2D eigenvalue weighted by molar-refractivity contribution is -0.174. The fourth-order valence-electron chi connectivity index (χ4n) is 1.07. The first kappa shape index (κ1) is 12.8. The van der Waals surface area contributed by atoms with Crippen molar-refractivity contribution in [2.75, 3.05) is 6.61 Å². The van der Waals surface area contributed by atoms with Crippen LogP contribution < -0.4 is 0 Å². The Bertz CT molecular complexity index is 390. The number of esters is 2. The van der Waals surface area contributed by atoms with Gasteiger partial charge in [-0.05, 0) is 12.8 Å². The van der Waals surface area contributed by atoms with Gasteiger partial charge in [0.15, 0.2) is 6.10 Å². The van der Waals surface area contributed by atoms with E-state index in [2.05, 4.69) is 9.47 Å². The zero-order chi connectivity index (χ0) is 12.3. The summed E-state index contributed by atoms with van der Waals surface area (Å²) in [4.78, 5) is 21.8. The van der Waals surface area contributed by atoms with Gasteiger partial charge in [0.05, 0.1) is 6.61 Å². The normalized spacial score (nSPS) is 23.4. The molecule has 1 fully saturated rings. The van der Waals surface area contributed by atoms with E-state index in [4.69, 9.17) is 4.55 Å². The molecular formula is C7H9FO7S. The van der Waals surface area contributed by atoms with Crippen LogP contribution in [0.5, 0.6) is 0 Å². The number of hydrogen-bond donors (Lipinski definition) is 1. The van der Waals surface area contributed by atoms with Crippen LogP contribution in [0.1, 0.15) is 12.8 Å². The molecule has 0 aromatic rings. The minimum absolute atomic E-state index is 0.128. The van der Waals surface area contributed by atoms with Crippen LogP contribution in [-0.4, -0.2) is 43.1 Å². The number of ether oxygens (including phenoxy) is 2. The Morgan fingerprint density at radius 3 is 2.75 bits per heavy atom. The molecular weight excluding hydrogens is 247 g/mol. The first-order valence-corrected chi connectivity index (χ1v) is 5.80. The lowest BCUT2D eigenvalue weighted by Gasteiger charge is -2.21. The van der Waals surface area contributed by atoms with E-state index in [1.165, 1.54) is 0 Å². The lowest BCUT2D eigenvalue weighted by atomic mass is 10.1. The van der Waals surface area contributed by atoms with Gasteiger partial charge in [-0.15, -0.1) is 0 Å². The maximum Gasteiger partial charge on any atom is 0.360 e. The molecule has 1 aliphatic rings. The quantitative estimate of drug-likeness (QED) is 0.531. The summed E-state index contributed by atoms with van der Waals surface area (Å²) >= 11 is 0. The molecule has 0 radical (unpaired) electrons. The molecule has 1 aliphatic heterocycles. The molecule has 0 bridgehead atoms. The van der Waals surface area contributed by atoms with Crippen molar-refractivity contribution in [2.45, 2.75) is 24.4 Å². The summed E-state index contributed by atoms with van der Waals surface area (Å²) in [6.45, 7) is 0.171. The predicted molar refractivity (Wildman–Crippen MR) is 46.5 cm³/mol. The van der Waals surface area contributed by atoms with Crippen molar-refractivity contribution in [1.82, 2.24) is 0 Å². The first-order chi connectivity index (χ1) is 7.32. The van der Waals surface area contributed by atoms with Crippen molar-refractivity contribution < 1.29 is 36.4 Å². The molecule has 0 amide bonds. The van der Waals surface area contributed by atoms with Crippen LogP contribution in [0.4, 0.5) is 4.39 Å². The largest absolute Gasteiger partial charge is 0.463 e. The maximum atomic E-state index is 12.7. The minimum atomic E-state index is -5.16. The standard InChI is InChI=1S/C7H9FO7S/c8-5(16(11,12)13)7(10)15-4-2-1-3-14-6(4)9/h4-5H,1-3H2,(H,11,12,13). The molecule has 0 saturated carbocycles. The second kappa shape index (κ2) is 4.74. The SMILES string of the molecule is O=C1OCCCC1OC(=O)C(F)S(=O)(=O)O. The molecule has 9 heteroatoms. The van der Waals surface area contributed by atoms with Gasteiger partial charge >= 0.3 is 27.6 Å². The summed E-state index contributed by atoms with van der Waals surface area (Å²) in [5, 5.41) is 0. The van der Waals surface area contributed by atoms with Gasteiger partial charge < -0.3 is 9.47 Å². The summed E-state index contributed by atoms with van der Waals surface area (Å²) in [5.41, 5.74) is -3.21. The van der Waals surface area contributed by atoms with Crippen LogP contribution >= 0.6 is 0 Å². The number of halogens is 1. The average molecular weight is 256 g/mol. The molecule has 0 spiro atoms. The van der Waals surface area contributed by atoms with E-state index < -0.39 is 33.7 Å². The number of hydrogen-bond acceptors (Lipinski definition) is 6. The minimum Gasteiger partial charge on any atom is -0.463 e. The molecule has 1 N–H and O–H groups in total. The Morgan fingerprint density at radius 2 is 2.25 bits per heavy atom. The van der Waals surface area contributed by atoms with Crippen LogP contribution in [-0.2, 0) is 29.2 Å². The van der Waals surface area contributed by atoms with Gasteiger partial charge in [-0.25, -0.2) is 14.0 Å². The smallest absolute Gasteiger partial charge is 0.360 e. The second-order valence-corrected chi connectivity index (χ2v) is 4.51. The van der Waals surface area contributed by atoms with E-state index in [1.807, 2.05) is 0 Å². The van der Waals surface area contributed by atoms with Crippen molar-refractivity contribution in [2.24, 2.45) is 0 Å². The first-order valence-electron chi connectivity index (χ1n) is 4.30. The highest BCUT2D eigenvalue weighted by atomic mass is 32.2.